The molecule has 19 heteroatoms. The molecule has 3 rings (SSSR count). The first-order valence-corrected chi connectivity index (χ1v) is 36.1. The summed E-state index contributed by atoms with van der Waals surface area (Å²) in [4.78, 5) is 13.4. The van der Waals surface area contributed by atoms with Gasteiger partial charge in [0.2, 0.25) is 5.91 Å². The van der Waals surface area contributed by atoms with Gasteiger partial charge in [0.15, 0.2) is 18.9 Å². The van der Waals surface area contributed by atoms with Crippen LogP contribution in [0, 0.1) is 0 Å². The fourth-order valence-electron chi connectivity index (χ4n) is 11.5. The summed E-state index contributed by atoms with van der Waals surface area (Å²) in [6.07, 6.45) is 47.7. The van der Waals surface area contributed by atoms with E-state index >= 15 is 0 Å². The maximum atomic E-state index is 13.4. The van der Waals surface area contributed by atoms with E-state index in [0.29, 0.717) is 12.8 Å². The Morgan fingerprint density at radius 2 is 0.745 bits per heavy atom. The monoisotopic (exact) mass is 1330 g/mol. The van der Waals surface area contributed by atoms with E-state index in [0.717, 1.165) is 96.3 Å². The number of aliphatic hydroxyl groups excluding tert-OH is 11. The lowest BCUT2D eigenvalue weighted by atomic mass is 9.96. The summed E-state index contributed by atoms with van der Waals surface area (Å²) < 4.78 is 34.3. The fraction of sp³-hybridized carbons (Fsp3) is 0.747. The van der Waals surface area contributed by atoms with E-state index in [9.17, 15) is 61.0 Å². The summed E-state index contributed by atoms with van der Waals surface area (Å²) >= 11 is 0. The largest absolute Gasteiger partial charge is 0.394 e. The van der Waals surface area contributed by atoms with Gasteiger partial charge in [0, 0.05) is 6.42 Å². The topological polar surface area (TPSA) is 307 Å². The summed E-state index contributed by atoms with van der Waals surface area (Å²) in [7, 11) is 0. The van der Waals surface area contributed by atoms with E-state index < -0.39 is 124 Å². The molecule has 17 atom stereocenters. The Bertz CT molecular complexity index is 2130. The highest BCUT2D eigenvalue weighted by Gasteiger charge is 2.53. The zero-order valence-electron chi connectivity index (χ0n) is 57.1. The van der Waals surface area contributed by atoms with Crippen LogP contribution in [-0.4, -0.2) is 193 Å². The van der Waals surface area contributed by atoms with Crippen LogP contribution in [0.15, 0.2) is 109 Å². The van der Waals surface area contributed by atoms with Crippen molar-refractivity contribution in [2.75, 3.05) is 26.4 Å². The second kappa shape index (κ2) is 55.3. The van der Waals surface area contributed by atoms with E-state index in [1.54, 1.807) is 6.08 Å². The maximum Gasteiger partial charge on any atom is 0.220 e. The molecule has 3 saturated heterocycles. The lowest BCUT2D eigenvalue weighted by Gasteiger charge is -2.48. The van der Waals surface area contributed by atoms with E-state index in [1.807, 2.05) is 6.08 Å². The lowest BCUT2D eigenvalue weighted by molar-refractivity contribution is -0.379. The summed E-state index contributed by atoms with van der Waals surface area (Å²) in [5, 5.41) is 121. The van der Waals surface area contributed by atoms with Crippen LogP contribution >= 0.6 is 0 Å². The van der Waals surface area contributed by atoms with E-state index in [4.69, 9.17) is 28.4 Å². The van der Waals surface area contributed by atoms with Crippen molar-refractivity contribution in [3.63, 3.8) is 0 Å². The van der Waals surface area contributed by atoms with Gasteiger partial charge in [0.25, 0.3) is 0 Å². The first-order chi connectivity index (χ1) is 45.8. The van der Waals surface area contributed by atoms with Crippen LogP contribution in [0.5, 0.6) is 0 Å². The molecule has 0 aromatic rings. The third-order valence-corrected chi connectivity index (χ3v) is 17.3. The molecule has 94 heavy (non-hydrogen) atoms. The minimum atomic E-state index is -1.99. The number of ether oxygens (including phenoxy) is 6. The van der Waals surface area contributed by atoms with Gasteiger partial charge in [-0.1, -0.05) is 239 Å². The molecule has 0 spiro atoms. The summed E-state index contributed by atoms with van der Waals surface area (Å²) in [6, 6.07) is -1.00. The Morgan fingerprint density at radius 1 is 0.394 bits per heavy atom. The minimum absolute atomic E-state index is 0.221. The number of carbonyl (C=O) groups excluding carboxylic acids is 1. The summed E-state index contributed by atoms with van der Waals surface area (Å²) in [5.74, 6) is -0.296. The van der Waals surface area contributed by atoms with E-state index in [2.05, 4.69) is 116 Å². The molecule has 0 saturated carbocycles. The van der Waals surface area contributed by atoms with Gasteiger partial charge in [-0.05, 0) is 89.9 Å². The van der Waals surface area contributed by atoms with Crippen LogP contribution in [0.3, 0.4) is 0 Å². The normalized spacial score (nSPS) is 28.0. The molecule has 3 aliphatic rings. The van der Waals surface area contributed by atoms with Crippen LogP contribution in [0.25, 0.3) is 0 Å². The van der Waals surface area contributed by atoms with Crippen LogP contribution < -0.4 is 5.32 Å². The zero-order valence-corrected chi connectivity index (χ0v) is 57.1. The molecule has 0 aliphatic carbocycles. The molecule has 0 aromatic carbocycles. The quantitative estimate of drug-likeness (QED) is 0.0199. The zero-order chi connectivity index (χ0) is 68.2. The fourth-order valence-corrected chi connectivity index (χ4v) is 11.5. The van der Waals surface area contributed by atoms with Crippen molar-refractivity contribution in [3.8, 4) is 0 Å². The Morgan fingerprint density at radius 3 is 1.19 bits per heavy atom. The van der Waals surface area contributed by atoms with Crippen molar-refractivity contribution in [1.82, 2.24) is 5.32 Å². The van der Waals surface area contributed by atoms with Gasteiger partial charge in [-0.2, -0.15) is 0 Å². The molecule has 3 aliphatic heterocycles. The number of carbonyl (C=O) groups is 1. The van der Waals surface area contributed by atoms with Crippen molar-refractivity contribution < 1.29 is 89.4 Å². The van der Waals surface area contributed by atoms with Gasteiger partial charge in [0.1, 0.15) is 73.2 Å². The highest BCUT2D eigenvalue weighted by molar-refractivity contribution is 5.76. The molecule has 12 N–H and O–H groups in total. The molecule has 17 unspecified atom stereocenters. The predicted molar refractivity (Wildman–Crippen MR) is 369 cm³/mol. The Balaban J connectivity index is 1.42. The molecule has 0 aromatic heterocycles. The number of aliphatic hydroxyl groups is 11. The SMILES string of the molecule is CC/C=C\C/C=C\C/C=C\C/C=C\C/C=C\C/C=C\C/C=C\CCCCCCCCCCCC(=O)NC(COC1OC(CO)C(OC2OC(CO)C(OC3OC(CO)C(O)C(O)C3O)C(O)C2O)C(O)C1O)C(O)/C=C/CC/C=C/CCCCCCCCCCCCCC. The van der Waals surface area contributed by atoms with Gasteiger partial charge in [0.05, 0.1) is 38.6 Å². The third-order valence-electron chi connectivity index (χ3n) is 17.3. The predicted octanol–water partition coefficient (Wildman–Crippen LogP) is 10.2. The minimum Gasteiger partial charge on any atom is -0.394 e. The maximum absolute atomic E-state index is 13.4. The highest BCUT2D eigenvalue weighted by atomic mass is 16.8. The van der Waals surface area contributed by atoms with Crippen molar-refractivity contribution >= 4 is 5.91 Å². The number of rotatable bonds is 54. The molecule has 1 amide bonds. The van der Waals surface area contributed by atoms with E-state index in [1.165, 1.54) is 96.3 Å². The molecule has 3 heterocycles. The number of unbranched alkanes of at least 4 members (excludes halogenated alkanes) is 22. The molecular formula is C75H127NO18. The molecule has 3 fully saturated rings. The molecule has 540 valence electrons. The van der Waals surface area contributed by atoms with Gasteiger partial charge in [-0.15, -0.1) is 0 Å². The van der Waals surface area contributed by atoms with Crippen LogP contribution in [0.4, 0.5) is 0 Å². The van der Waals surface area contributed by atoms with Gasteiger partial charge in [-0.3, -0.25) is 4.79 Å². The van der Waals surface area contributed by atoms with Gasteiger partial charge < -0.3 is 89.9 Å². The Hall–Kier alpha value is -3.55. The molecule has 0 bridgehead atoms. The summed E-state index contributed by atoms with van der Waals surface area (Å²) in [5.41, 5.74) is 0. The average Bonchev–Trinajstić information content (AvgIpc) is 0.787. The molecule has 19 nitrogen and oxygen atoms in total. The highest BCUT2D eigenvalue weighted by Crippen LogP contribution is 2.33. The standard InChI is InChI=1S/C75H127NO18/c1-3-5-7-9-11-13-15-17-19-21-23-24-25-26-27-28-29-30-31-32-33-34-35-37-39-41-43-45-47-49-51-53-63(81)76-58(59(80)52-50-48-46-44-42-40-38-36-22-20-18-16-14-12-10-8-6-4-2)57-89-73-69(87)66(84)71(61(55-78)91-73)94-75-70(88)67(85)72(62(56-79)92-75)93-74-68(86)65(83)64(82)60(54-77)90-74/h5,7,11,13,17,19,23-24,26-27,29-30,32-33,42,44,50,52,58-62,64-75,77-80,82-88H,3-4,6,8-10,12,14-16,18,20-22,25,28,31,34-41,43,45-49,51,53-57H2,1-2H3,(H,76,81)/b7-5-,13-11-,19-17-,24-23-,27-26-,30-29-,33-32-,44-42+,52-50+. The van der Waals surface area contributed by atoms with E-state index in [-0.39, 0.29) is 18.9 Å². The molecular weight excluding hydrogens is 1200 g/mol. The van der Waals surface area contributed by atoms with Gasteiger partial charge in [-0.25, -0.2) is 0 Å². The van der Waals surface area contributed by atoms with Crippen molar-refractivity contribution in [3.05, 3.63) is 109 Å². The van der Waals surface area contributed by atoms with Crippen molar-refractivity contribution in [2.24, 2.45) is 0 Å². The van der Waals surface area contributed by atoms with Gasteiger partial charge >= 0.3 is 0 Å². The second-order valence-corrected chi connectivity index (χ2v) is 25.3. The van der Waals surface area contributed by atoms with Crippen LogP contribution in [0.2, 0.25) is 0 Å². The number of hydrogen-bond donors (Lipinski definition) is 12. The third kappa shape index (κ3) is 36.3. The smallest absolute Gasteiger partial charge is 0.220 e. The molecule has 0 radical (unpaired) electrons. The first kappa shape index (κ1) is 84.7. The number of hydrogen-bond acceptors (Lipinski definition) is 18. The van der Waals surface area contributed by atoms with Crippen molar-refractivity contribution in [2.45, 2.75) is 330 Å². The number of amides is 1. The number of allylic oxidation sites excluding steroid dienone is 17. The Kier molecular flexibility index (Phi) is 49.9. The van der Waals surface area contributed by atoms with Crippen LogP contribution in [0.1, 0.15) is 226 Å². The number of nitrogens with one attached hydrogen (secondary N) is 1. The average molecular weight is 1330 g/mol. The lowest BCUT2D eigenvalue weighted by Crippen LogP contribution is -2.66. The van der Waals surface area contributed by atoms with Crippen molar-refractivity contribution in [1.29, 1.82) is 0 Å². The summed E-state index contributed by atoms with van der Waals surface area (Å²) in [6.45, 7) is 1.59. The first-order valence-electron chi connectivity index (χ1n) is 36.1. The Labute approximate surface area is 564 Å². The van der Waals surface area contributed by atoms with Crippen LogP contribution in [-0.2, 0) is 33.2 Å². The second-order valence-electron chi connectivity index (χ2n) is 25.3.